The topological polar surface area (TPSA) is 12.9 Å². The minimum Gasteiger partial charge on any atom is -0.256 e. The van der Waals surface area contributed by atoms with Crippen molar-refractivity contribution in [2.75, 3.05) is 0 Å². The maximum atomic E-state index is 4.96. The van der Waals surface area contributed by atoms with Gasteiger partial charge in [0, 0.05) is 31.9 Å². The van der Waals surface area contributed by atoms with Gasteiger partial charge in [0.1, 0.15) is 0 Å². The average Bonchev–Trinajstić information content (AvgIpc) is 3.26. The number of rotatable bonds is 4. The van der Waals surface area contributed by atoms with Crippen molar-refractivity contribution < 1.29 is 0 Å². The highest BCUT2D eigenvalue weighted by Gasteiger charge is 2.19. The van der Waals surface area contributed by atoms with E-state index in [0.29, 0.717) is 5.92 Å². The minimum absolute atomic E-state index is 0.444. The quantitative estimate of drug-likeness (QED) is 0.219. The zero-order valence-electron chi connectivity index (χ0n) is 21.6. The summed E-state index contributed by atoms with van der Waals surface area (Å²) >= 11 is 1.88. The molecule has 0 bridgehead atoms. The summed E-state index contributed by atoms with van der Waals surface area (Å²) < 4.78 is 2.63. The van der Waals surface area contributed by atoms with Crippen molar-refractivity contribution in [3.8, 4) is 22.4 Å². The van der Waals surface area contributed by atoms with E-state index < -0.39 is 8.07 Å². The number of benzene rings is 4. The lowest BCUT2D eigenvalue weighted by Gasteiger charge is -2.17. The second-order valence-electron chi connectivity index (χ2n) is 11.1. The Morgan fingerprint density at radius 3 is 2.25 bits per heavy atom. The number of hydrogen-bond donors (Lipinski definition) is 0. The van der Waals surface area contributed by atoms with Crippen LogP contribution in [0.15, 0.2) is 91.1 Å². The molecular formula is C33H31NSSi. The summed E-state index contributed by atoms with van der Waals surface area (Å²) in [4.78, 5) is 4.96. The van der Waals surface area contributed by atoms with E-state index in [0.717, 1.165) is 5.69 Å². The predicted molar refractivity (Wildman–Crippen MR) is 163 cm³/mol. The van der Waals surface area contributed by atoms with E-state index in [4.69, 9.17) is 4.98 Å². The van der Waals surface area contributed by atoms with E-state index in [2.05, 4.69) is 118 Å². The van der Waals surface area contributed by atoms with Gasteiger partial charge in [0.15, 0.2) is 0 Å². The molecule has 3 heteroatoms. The molecular weight excluding hydrogens is 471 g/mol. The van der Waals surface area contributed by atoms with Gasteiger partial charge in [-0.3, -0.25) is 4.98 Å². The molecule has 1 nitrogen and oxygen atoms in total. The maximum absolute atomic E-state index is 4.96. The zero-order chi connectivity index (χ0) is 25.0. The molecule has 178 valence electrons. The zero-order valence-corrected chi connectivity index (χ0v) is 23.4. The third-order valence-electron chi connectivity index (χ3n) is 7.26. The first kappa shape index (κ1) is 23.1. The minimum atomic E-state index is -1.32. The molecule has 0 aliphatic carbocycles. The Balaban J connectivity index is 1.58. The molecule has 0 unspecified atom stereocenters. The van der Waals surface area contributed by atoms with Crippen molar-refractivity contribution in [2.45, 2.75) is 39.4 Å². The van der Waals surface area contributed by atoms with Gasteiger partial charge < -0.3 is 0 Å². The fraction of sp³-hybridized carbons (Fsp3) is 0.182. The van der Waals surface area contributed by atoms with E-state index in [1.54, 1.807) is 0 Å². The standard InChI is InChI=1S/C33H31NSSi/c1-21(2)29-20-24(19-23-9-6-7-10-26(23)29)32-31-28-12-8-11-27(33(28)35-30(31)17-18-34-32)22-13-15-25(16-14-22)36(3,4)5/h6-21H,1-5H3. The van der Waals surface area contributed by atoms with Crippen LogP contribution >= 0.6 is 11.3 Å². The van der Waals surface area contributed by atoms with E-state index in [1.807, 2.05) is 17.5 Å². The lowest BCUT2D eigenvalue weighted by Crippen LogP contribution is -2.37. The summed E-state index contributed by atoms with van der Waals surface area (Å²) in [6.45, 7) is 11.8. The molecule has 0 amide bonds. The highest BCUT2D eigenvalue weighted by Crippen LogP contribution is 2.43. The number of aromatic nitrogens is 1. The molecule has 0 aliphatic rings. The molecule has 0 spiro atoms. The summed E-state index contributed by atoms with van der Waals surface area (Å²) in [7, 11) is -1.32. The van der Waals surface area contributed by atoms with Crippen LogP contribution in [0.2, 0.25) is 19.6 Å². The molecule has 0 N–H and O–H groups in total. The van der Waals surface area contributed by atoms with Gasteiger partial charge in [-0.1, -0.05) is 105 Å². The van der Waals surface area contributed by atoms with E-state index >= 15 is 0 Å². The Bertz CT molecular complexity index is 1740. The average molecular weight is 502 g/mol. The normalized spacial score (nSPS) is 12.3. The van der Waals surface area contributed by atoms with E-state index in [-0.39, 0.29) is 0 Å². The van der Waals surface area contributed by atoms with Crippen molar-refractivity contribution in [1.82, 2.24) is 4.98 Å². The first-order valence-corrected chi connectivity index (χ1v) is 17.1. The highest BCUT2D eigenvalue weighted by atomic mass is 32.1. The van der Waals surface area contributed by atoms with Crippen LogP contribution in [-0.4, -0.2) is 13.1 Å². The molecule has 0 saturated carbocycles. The summed E-state index contributed by atoms with van der Waals surface area (Å²) in [6, 6.07) is 31.6. The van der Waals surface area contributed by atoms with Gasteiger partial charge in [-0.05, 0) is 51.6 Å². The van der Waals surface area contributed by atoms with Crippen molar-refractivity contribution in [3.63, 3.8) is 0 Å². The smallest absolute Gasteiger partial charge is 0.0795 e. The monoisotopic (exact) mass is 501 g/mol. The summed E-state index contributed by atoms with van der Waals surface area (Å²) in [5, 5.41) is 6.67. The second-order valence-corrected chi connectivity index (χ2v) is 17.2. The van der Waals surface area contributed by atoms with Gasteiger partial charge in [0.2, 0.25) is 0 Å². The SMILES string of the molecule is CC(C)c1cc(-c2nccc3sc4c(-c5ccc([Si](C)(C)C)cc5)cccc4c23)cc2ccccc12. The number of hydrogen-bond acceptors (Lipinski definition) is 2. The number of pyridine rings is 1. The lowest BCUT2D eigenvalue weighted by molar-refractivity contribution is 0.876. The molecule has 0 atom stereocenters. The molecule has 0 radical (unpaired) electrons. The van der Waals surface area contributed by atoms with Crippen LogP contribution in [0.5, 0.6) is 0 Å². The Morgan fingerprint density at radius 1 is 0.750 bits per heavy atom. The fourth-order valence-electron chi connectivity index (χ4n) is 5.29. The van der Waals surface area contributed by atoms with Crippen molar-refractivity contribution in [2.24, 2.45) is 0 Å². The molecule has 6 aromatic rings. The molecule has 0 aliphatic heterocycles. The van der Waals surface area contributed by atoms with Crippen LogP contribution in [0, 0.1) is 0 Å². The van der Waals surface area contributed by atoms with Gasteiger partial charge in [-0.25, -0.2) is 0 Å². The van der Waals surface area contributed by atoms with Crippen molar-refractivity contribution in [3.05, 3.63) is 96.7 Å². The molecule has 2 aromatic heterocycles. The second kappa shape index (κ2) is 8.69. The van der Waals surface area contributed by atoms with E-state index in [1.165, 1.54) is 58.4 Å². The van der Waals surface area contributed by atoms with Crippen LogP contribution < -0.4 is 5.19 Å². The molecule has 0 fully saturated rings. The van der Waals surface area contributed by atoms with Gasteiger partial charge in [-0.2, -0.15) is 0 Å². The number of thiophene rings is 1. The summed E-state index contributed by atoms with van der Waals surface area (Å²) in [5.41, 5.74) is 6.26. The molecule has 2 heterocycles. The van der Waals surface area contributed by atoms with Crippen molar-refractivity contribution >= 4 is 55.5 Å². The van der Waals surface area contributed by atoms with Crippen LogP contribution in [0.3, 0.4) is 0 Å². The van der Waals surface area contributed by atoms with Gasteiger partial charge in [0.05, 0.1) is 13.8 Å². The predicted octanol–water partition coefficient (Wildman–Crippen LogP) is 9.61. The highest BCUT2D eigenvalue weighted by molar-refractivity contribution is 7.26. The Kier molecular flexibility index (Phi) is 5.58. The molecule has 4 aromatic carbocycles. The van der Waals surface area contributed by atoms with Crippen LogP contribution in [0.25, 0.3) is 53.3 Å². The van der Waals surface area contributed by atoms with Gasteiger partial charge in [-0.15, -0.1) is 11.3 Å². The van der Waals surface area contributed by atoms with Crippen molar-refractivity contribution in [1.29, 1.82) is 0 Å². The van der Waals surface area contributed by atoms with Gasteiger partial charge >= 0.3 is 0 Å². The largest absolute Gasteiger partial charge is 0.256 e. The third kappa shape index (κ3) is 3.87. The van der Waals surface area contributed by atoms with E-state index in [9.17, 15) is 0 Å². The van der Waals surface area contributed by atoms with Crippen LogP contribution in [0.1, 0.15) is 25.3 Å². The maximum Gasteiger partial charge on any atom is 0.0795 e. The lowest BCUT2D eigenvalue weighted by atomic mass is 9.91. The number of nitrogens with zero attached hydrogens (tertiary/aromatic N) is 1. The first-order chi connectivity index (χ1) is 17.3. The van der Waals surface area contributed by atoms with Crippen LogP contribution in [-0.2, 0) is 0 Å². The fourth-order valence-corrected chi connectivity index (χ4v) is 7.69. The Morgan fingerprint density at radius 2 is 1.50 bits per heavy atom. The van der Waals surface area contributed by atoms with Gasteiger partial charge in [0.25, 0.3) is 0 Å². The third-order valence-corrected chi connectivity index (χ3v) is 10.5. The molecule has 0 saturated heterocycles. The summed E-state index contributed by atoms with van der Waals surface area (Å²) in [6.07, 6.45) is 1.97. The molecule has 6 rings (SSSR count). The Hall–Kier alpha value is -3.27. The first-order valence-electron chi connectivity index (χ1n) is 12.8. The Labute approximate surface area is 218 Å². The molecule has 36 heavy (non-hydrogen) atoms. The number of fused-ring (bicyclic) bond motifs is 4. The van der Waals surface area contributed by atoms with Crippen LogP contribution in [0.4, 0.5) is 0 Å². The summed E-state index contributed by atoms with van der Waals surface area (Å²) in [5.74, 6) is 0.444.